The predicted octanol–water partition coefficient (Wildman–Crippen LogP) is -0.574. The fourth-order valence-electron chi connectivity index (χ4n) is 2.21. The zero-order valence-corrected chi connectivity index (χ0v) is 15.2. The molecule has 2 atom stereocenters. The molecule has 1 aromatic rings. The lowest BCUT2D eigenvalue weighted by Gasteiger charge is -2.16. The van der Waals surface area contributed by atoms with E-state index in [0.29, 0.717) is 18.4 Å². The molecule has 0 aliphatic carbocycles. The molecule has 15 heteroatoms. The molecule has 142 valence electrons. The summed E-state index contributed by atoms with van der Waals surface area (Å²) in [6.07, 6.45) is 0.811. The van der Waals surface area contributed by atoms with Crippen molar-refractivity contribution in [2.24, 2.45) is 0 Å². The maximum absolute atomic E-state index is 11.9. The fraction of sp³-hybridized carbons (Fsp3) is 0.600. The first kappa shape index (κ1) is 20.9. The van der Waals surface area contributed by atoms with Crippen molar-refractivity contribution in [2.75, 3.05) is 6.61 Å². The molecule has 0 spiro atoms. The summed E-state index contributed by atoms with van der Waals surface area (Å²) in [6, 6.07) is 0. The highest BCUT2D eigenvalue weighted by atomic mass is 32.1. The summed E-state index contributed by atoms with van der Waals surface area (Å²) in [7, 11) is -9.52. The van der Waals surface area contributed by atoms with E-state index in [1.807, 2.05) is 0 Å². The van der Waals surface area contributed by atoms with Gasteiger partial charge >= 0.3 is 22.0 Å². The molecule has 12 nitrogen and oxygen atoms in total. The predicted molar refractivity (Wildman–Crippen MR) is 86.9 cm³/mol. The average molecular weight is 420 g/mol. The van der Waals surface area contributed by atoms with Crippen LogP contribution in [0.3, 0.4) is 0 Å². The van der Waals surface area contributed by atoms with E-state index in [9.17, 15) is 19.7 Å². The second kappa shape index (κ2) is 8.09. The van der Waals surface area contributed by atoms with Crippen LogP contribution in [0.15, 0.2) is 11.0 Å². The lowest BCUT2D eigenvalue weighted by atomic mass is 10.2. The molecule has 1 aliphatic rings. The number of nitrogens with one attached hydrogen (secondary N) is 1. The van der Waals surface area contributed by atoms with E-state index in [4.69, 9.17) is 31.6 Å². The van der Waals surface area contributed by atoms with Crippen molar-refractivity contribution in [2.45, 2.75) is 31.8 Å². The minimum absolute atomic E-state index is 0.123. The summed E-state index contributed by atoms with van der Waals surface area (Å²) in [4.78, 5) is 59.1. The zero-order valence-electron chi connectivity index (χ0n) is 12.6. The van der Waals surface area contributed by atoms with Crippen molar-refractivity contribution in [3.8, 4) is 0 Å². The Kier molecular flexibility index (Phi) is 6.77. The van der Waals surface area contributed by atoms with Gasteiger partial charge in [-0.3, -0.25) is 9.55 Å². The number of H-pyrrole nitrogens is 1. The minimum Gasteiger partial charge on any atom is -0.392 e. The standard InChI is InChI=1S/C10H17N2O10P2S/c13-4-6-3-12(10(14)11-9(6)25)8-2-1-7(21-8)5-20-24(18,19)22-23(15,16)17/h3,7-8,13,15-19H,1-2,4-5H2/q+1/p+1. The van der Waals surface area contributed by atoms with Gasteiger partial charge in [0, 0.05) is 11.8 Å². The van der Waals surface area contributed by atoms with Crippen molar-refractivity contribution in [3.63, 3.8) is 0 Å². The molecular weight excluding hydrogens is 402 g/mol. The van der Waals surface area contributed by atoms with Crippen LogP contribution in [-0.4, -0.2) is 51.8 Å². The molecule has 1 fully saturated rings. The number of aromatic nitrogens is 2. The van der Waals surface area contributed by atoms with Crippen LogP contribution >= 0.6 is 28.6 Å². The van der Waals surface area contributed by atoms with E-state index in [-0.39, 0.29) is 17.9 Å². The van der Waals surface area contributed by atoms with Gasteiger partial charge in [0.15, 0.2) is 0 Å². The Morgan fingerprint density at radius 1 is 1.32 bits per heavy atom. The normalized spacial score (nSPS) is 21.7. The van der Waals surface area contributed by atoms with E-state index < -0.39 is 34.4 Å². The molecule has 25 heavy (non-hydrogen) atoms. The van der Waals surface area contributed by atoms with Crippen molar-refractivity contribution >= 4 is 28.6 Å². The van der Waals surface area contributed by atoms with Crippen LogP contribution < -0.4 is 5.69 Å². The van der Waals surface area contributed by atoms with Crippen LogP contribution in [0.25, 0.3) is 0 Å². The van der Waals surface area contributed by atoms with Crippen LogP contribution in [0, 0.1) is 4.64 Å². The Hall–Kier alpha value is -0.400. The quantitative estimate of drug-likeness (QED) is 0.221. The topological polar surface area (TPSA) is 187 Å². The molecule has 1 saturated heterocycles. The summed E-state index contributed by atoms with van der Waals surface area (Å²) in [5.74, 6) is 0. The highest BCUT2D eigenvalue weighted by Gasteiger charge is 2.58. The molecule has 0 bridgehead atoms. The van der Waals surface area contributed by atoms with E-state index >= 15 is 0 Å². The largest absolute Gasteiger partial charge is 0.620 e. The van der Waals surface area contributed by atoms with Gasteiger partial charge in [-0.05, 0) is 12.8 Å². The minimum atomic E-state index is -4.88. The van der Waals surface area contributed by atoms with E-state index in [2.05, 4.69) is 13.8 Å². The summed E-state index contributed by atoms with van der Waals surface area (Å²) in [6.45, 7) is -0.746. The molecule has 2 rings (SSSR count). The van der Waals surface area contributed by atoms with Gasteiger partial charge in [-0.1, -0.05) is 12.2 Å². The highest BCUT2D eigenvalue weighted by molar-refractivity contribution is 7.71. The number of ether oxygens (including phenoxy) is 1. The van der Waals surface area contributed by atoms with Gasteiger partial charge in [-0.15, -0.1) is 4.52 Å². The van der Waals surface area contributed by atoms with Crippen LogP contribution in [0.2, 0.25) is 0 Å². The molecule has 1 aromatic heterocycles. The lowest BCUT2D eigenvalue weighted by molar-refractivity contribution is -0.0276. The Balaban J connectivity index is 1.98. The molecule has 2 heterocycles. The number of aliphatic hydroxyl groups is 1. The van der Waals surface area contributed by atoms with Crippen LogP contribution in [0.5, 0.6) is 0 Å². The SMILES string of the molecule is O=c1[nH]c(=S)c(CO)cn1C1CCC(CO[P+](O)(O)O[P+](O)(O)O)O1. The number of hydrogen-bond acceptors (Lipinski definition) is 11. The lowest BCUT2D eigenvalue weighted by Crippen LogP contribution is -2.28. The van der Waals surface area contributed by atoms with Gasteiger partial charge in [-0.2, -0.15) is 24.5 Å². The van der Waals surface area contributed by atoms with Crippen molar-refractivity contribution in [1.29, 1.82) is 0 Å². The first-order chi connectivity index (χ1) is 11.5. The van der Waals surface area contributed by atoms with Gasteiger partial charge in [-0.25, -0.2) is 4.79 Å². The van der Waals surface area contributed by atoms with Crippen molar-refractivity contribution in [1.82, 2.24) is 9.55 Å². The summed E-state index contributed by atoms with van der Waals surface area (Å²) >= 11 is 4.91. The third-order valence-corrected chi connectivity index (χ3v) is 5.83. The number of hydrogen-bond donors (Lipinski definition) is 7. The van der Waals surface area contributed by atoms with E-state index in [1.165, 1.54) is 10.8 Å². The third-order valence-electron chi connectivity index (χ3n) is 3.25. The zero-order chi connectivity index (χ0) is 18.8. The Morgan fingerprint density at radius 3 is 2.60 bits per heavy atom. The molecule has 7 N–H and O–H groups in total. The number of aromatic amines is 1. The molecule has 1 aliphatic heterocycles. The Bertz CT molecular complexity index is 717. The van der Waals surface area contributed by atoms with E-state index in [1.54, 1.807) is 0 Å². The van der Waals surface area contributed by atoms with Crippen molar-refractivity contribution in [3.05, 3.63) is 26.9 Å². The first-order valence-electron chi connectivity index (χ1n) is 6.89. The van der Waals surface area contributed by atoms with Gasteiger partial charge in [0.05, 0.1) is 17.0 Å². The molecule has 0 aromatic carbocycles. The molecule has 2 unspecified atom stereocenters. The van der Waals surface area contributed by atoms with Crippen molar-refractivity contribution < 1.29 is 43.1 Å². The average Bonchev–Trinajstić information content (AvgIpc) is 2.92. The van der Waals surface area contributed by atoms with Crippen LogP contribution in [0.4, 0.5) is 0 Å². The maximum Gasteiger partial charge on any atom is 0.620 e. The summed E-state index contributed by atoms with van der Waals surface area (Å²) < 4.78 is 15.4. The highest BCUT2D eigenvalue weighted by Crippen LogP contribution is 2.67. The van der Waals surface area contributed by atoms with Gasteiger partial charge < -0.3 is 9.84 Å². The monoisotopic (exact) mass is 420 g/mol. The van der Waals surface area contributed by atoms with Gasteiger partial charge in [0.2, 0.25) is 0 Å². The third kappa shape index (κ3) is 6.07. The summed E-state index contributed by atoms with van der Waals surface area (Å²) in [5, 5.41) is 9.21. The van der Waals surface area contributed by atoms with Crippen LogP contribution in [0.1, 0.15) is 24.6 Å². The van der Waals surface area contributed by atoms with E-state index in [0.717, 1.165) is 0 Å². The second-order valence-corrected chi connectivity index (χ2v) is 8.48. The number of nitrogens with zero attached hydrogens (tertiary/aromatic N) is 1. The second-order valence-electron chi connectivity index (χ2n) is 5.15. The molecular formula is C10H18N2O10P2S+2. The number of rotatable bonds is 7. The Morgan fingerprint density at radius 2 is 2.00 bits per heavy atom. The maximum atomic E-state index is 11.9. The first-order valence-corrected chi connectivity index (χ1v) is 10.4. The molecule has 0 radical (unpaired) electrons. The summed E-state index contributed by atoms with van der Waals surface area (Å²) in [5.41, 5.74) is -0.185. The van der Waals surface area contributed by atoms with Gasteiger partial charge in [0.1, 0.15) is 17.5 Å². The van der Waals surface area contributed by atoms with Crippen LogP contribution in [-0.2, 0) is 20.2 Å². The molecule has 0 amide bonds. The number of aliphatic hydroxyl groups excluding tert-OH is 1. The Labute approximate surface area is 147 Å². The fourth-order valence-corrected chi connectivity index (χ4v) is 4.11. The molecule has 0 saturated carbocycles. The van der Waals surface area contributed by atoms with Gasteiger partial charge in [0.25, 0.3) is 0 Å². The smallest absolute Gasteiger partial charge is 0.392 e.